The van der Waals surface area contributed by atoms with Gasteiger partial charge in [-0.25, -0.2) is 13.9 Å². The monoisotopic (exact) mass is 466 g/mol. The summed E-state index contributed by atoms with van der Waals surface area (Å²) in [5.74, 6) is -0.436. The van der Waals surface area contributed by atoms with E-state index in [1.807, 2.05) is 0 Å². The summed E-state index contributed by atoms with van der Waals surface area (Å²) >= 11 is 6.41. The maximum absolute atomic E-state index is 13.2. The van der Waals surface area contributed by atoms with E-state index < -0.39 is 11.8 Å². The molecule has 0 atom stereocenters. The standard InChI is InChI=1S/C22H16ClFN6O3/c1-12-18(19(23)30(27-12)14-9-7-13(24)8-10-14)21(32)33-11-17-25-26-22-28(2)20(31)15-5-3-4-6-16(15)29(17)22/h3-10H,11H2,1-2H3. The Morgan fingerprint density at radius 1 is 1.12 bits per heavy atom. The molecule has 0 bridgehead atoms. The lowest BCUT2D eigenvalue weighted by Crippen LogP contribution is -2.20. The van der Waals surface area contributed by atoms with Crippen molar-refractivity contribution in [3.63, 3.8) is 0 Å². The lowest BCUT2D eigenvalue weighted by Gasteiger charge is -2.08. The van der Waals surface area contributed by atoms with Crippen molar-refractivity contribution >= 4 is 34.3 Å². The van der Waals surface area contributed by atoms with Crippen molar-refractivity contribution in [1.29, 1.82) is 0 Å². The second-order valence-corrected chi connectivity index (χ2v) is 7.71. The van der Waals surface area contributed by atoms with Gasteiger partial charge in [-0.05, 0) is 43.3 Å². The first-order chi connectivity index (χ1) is 15.9. The van der Waals surface area contributed by atoms with Gasteiger partial charge in [0, 0.05) is 7.05 Å². The second-order valence-electron chi connectivity index (χ2n) is 7.35. The number of para-hydroxylation sites is 1. The van der Waals surface area contributed by atoms with Gasteiger partial charge in [0.15, 0.2) is 12.4 Å². The van der Waals surface area contributed by atoms with Crippen molar-refractivity contribution < 1.29 is 13.9 Å². The number of carbonyl (C=O) groups is 1. The molecular formula is C22H16ClFN6O3. The first-order valence-electron chi connectivity index (χ1n) is 9.86. The summed E-state index contributed by atoms with van der Waals surface area (Å²) in [5.41, 5.74) is 1.34. The third kappa shape index (κ3) is 3.35. The summed E-state index contributed by atoms with van der Waals surface area (Å²) in [7, 11) is 1.60. The van der Waals surface area contributed by atoms with Crippen LogP contribution in [0.2, 0.25) is 5.15 Å². The highest BCUT2D eigenvalue weighted by atomic mass is 35.5. The number of aryl methyl sites for hydroxylation is 2. The van der Waals surface area contributed by atoms with Crippen LogP contribution in [0.15, 0.2) is 53.3 Å². The largest absolute Gasteiger partial charge is 0.454 e. The molecule has 0 aliphatic rings. The van der Waals surface area contributed by atoms with E-state index in [9.17, 15) is 14.0 Å². The van der Waals surface area contributed by atoms with E-state index in [0.29, 0.717) is 33.9 Å². The van der Waals surface area contributed by atoms with Crippen LogP contribution in [0.3, 0.4) is 0 Å². The van der Waals surface area contributed by atoms with E-state index in [0.717, 1.165) is 0 Å². The van der Waals surface area contributed by atoms with Gasteiger partial charge in [-0.1, -0.05) is 23.7 Å². The topological polar surface area (TPSA) is 96.3 Å². The van der Waals surface area contributed by atoms with Crippen LogP contribution in [0.5, 0.6) is 0 Å². The van der Waals surface area contributed by atoms with E-state index in [1.54, 1.807) is 42.6 Å². The lowest BCUT2D eigenvalue weighted by atomic mass is 10.2. The number of hydrogen-bond acceptors (Lipinski definition) is 6. The molecule has 0 fully saturated rings. The number of hydrogen-bond donors (Lipinski definition) is 0. The average molecular weight is 467 g/mol. The number of aromatic nitrogens is 6. The smallest absolute Gasteiger partial charge is 0.343 e. The van der Waals surface area contributed by atoms with Gasteiger partial charge in [0.25, 0.3) is 5.56 Å². The van der Waals surface area contributed by atoms with Gasteiger partial charge in [-0.15, -0.1) is 10.2 Å². The Hall–Kier alpha value is -4.05. The normalized spacial score (nSPS) is 11.4. The molecule has 0 saturated carbocycles. The van der Waals surface area contributed by atoms with Crippen molar-refractivity contribution in [3.05, 3.63) is 86.9 Å². The predicted molar refractivity (Wildman–Crippen MR) is 118 cm³/mol. The summed E-state index contributed by atoms with van der Waals surface area (Å²) in [6.07, 6.45) is 0. The Kier molecular flexibility index (Phi) is 4.94. The summed E-state index contributed by atoms with van der Waals surface area (Å²) < 4.78 is 23.1. The highest BCUT2D eigenvalue weighted by Crippen LogP contribution is 2.25. The van der Waals surface area contributed by atoms with Gasteiger partial charge in [-0.2, -0.15) is 5.10 Å². The molecule has 2 aromatic carbocycles. The molecule has 166 valence electrons. The fourth-order valence-electron chi connectivity index (χ4n) is 3.67. The molecule has 0 unspecified atom stereocenters. The van der Waals surface area contributed by atoms with Gasteiger partial charge < -0.3 is 4.74 Å². The molecule has 0 aliphatic carbocycles. The van der Waals surface area contributed by atoms with Crippen molar-refractivity contribution in [2.75, 3.05) is 0 Å². The number of rotatable bonds is 4. The minimum atomic E-state index is -0.697. The van der Waals surface area contributed by atoms with Crippen LogP contribution < -0.4 is 5.56 Å². The van der Waals surface area contributed by atoms with E-state index in [4.69, 9.17) is 16.3 Å². The van der Waals surface area contributed by atoms with E-state index in [2.05, 4.69) is 15.3 Å². The number of nitrogens with zero attached hydrogens (tertiary/aromatic N) is 6. The van der Waals surface area contributed by atoms with E-state index >= 15 is 0 Å². The highest BCUT2D eigenvalue weighted by Gasteiger charge is 2.24. The van der Waals surface area contributed by atoms with Crippen LogP contribution in [-0.4, -0.2) is 34.9 Å². The predicted octanol–water partition coefficient (Wildman–Crippen LogP) is 3.22. The number of carbonyl (C=O) groups excluding carboxylic acids is 1. The fourth-order valence-corrected chi connectivity index (χ4v) is 4.02. The van der Waals surface area contributed by atoms with Gasteiger partial charge in [0.2, 0.25) is 5.78 Å². The Balaban J connectivity index is 1.48. The van der Waals surface area contributed by atoms with Crippen molar-refractivity contribution in [2.24, 2.45) is 7.05 Å². The molecule has 9 nitrogen and oxygen atoms in total. The zero-order valence-corrected chi connectivity index (χ0v) is 18.2. The van der Waals surface area contributed by atoms with Crippen LogP contribution in [0.4, 0.5) is 4.39 Å². The number of ether oxygens (including phenoxy) is 1. The van der Waals surface area contributed by atoms with Gasteiger partial charge in [0.05, 0.1) is 22.3 Å². The number of halogens is 2. The molecule has 0 amide bonds. The third-order valence-corrected chi connectivity index (χ3v) is 5.65. The van der Waals surface area contributed by atoms with E-state index in [1.165, 1.54) is 33.5 Å². The van der Waals surface area contributed by atoms with Crippen molar-refractivity contribution in [3.8, 4) is 5.69 Å². The summed E-state index contributed by atoms with van der Waals surface area (Å²) in [6, 6.07) is 12.6. The quantitative estimate of drug-likeness (QED) is 0.377. The molecule has 0 radical (unpaired) electrons. The van der Waals surface area contributed by atoms with Crippen LogP contribution in [0.25, 0.3) is 22.4 Å². The third-order valence-electron chi connectivity index (χ3n) is 5.30. The minimum absolute atomic E-state index is 0.0445. The maximum atomic E-state index is 13.2. The average Bonchev–Trinajstić information content (AvgIpc) is 3.37. The van der Waals surface area contributed by atoms with E-state index in [-0.39, 0.29) is 22.9 Å². The van der Waals surface area contributed by atoms with Gasteiger partial charge in [0.1, 0.15) is 16.5 Å². The SMILES string of the molecule is Cc1nn(-c2ccc(F)cc2)c(Cl)c1C(=O)OCc1nnc2n(C)c(=O)c3ccccc3n12. The first-order valence-corrected chi connectivity index (χ1v) is 10.2. The Labute approximate surface area is 190 Å². The van der Waals surface area contributed by atoms with Crippen LogP contribution in [0, 0.1) is 12.7 Å². The summed E-state index contributed by atoms with van der Waals surface area (Å²) in [6.45, 7) is 1.41. The zero-order valence-electron chi connectivity index (χ0n) is 17.5. The van der Waals surface area contributed by atoms with Gasteiger partial charge >= 0.3 is 5.97 Å². The molecule has 5 aromatic rings. The molecule has 5 rings (SSSR count). The molecule has 3 aromatic heterocycles. The molecule has 11 heteroatoms. The Morgan fingerprint density at radius 3 is 2.61 bits per heavy atom. The second kappa shape index (κ2) is 7.82. The van der Waals surface area contributed by atoms with Gasteiger partial charge in [-0.3, -0.25) is 13.8 Å². The number of fused-ring (bicyclic) bond motifs is 3. The molecule has 0 spiro atoms. The molecule has 0 saturated heterocycles. The highest BCUT2D eigenvalue weighted by molar-refractivity contribution is 6.33. The van der Waals surface area contributed by atoms with Crippen molar-refractivity contribution in [1.82, 2.24) is 28.9 Å². The number of benzene rings is 2. The zero-order chi connectivity index (χ0) is 23.3. The first kappa shape index (κ1) is 20.8. The molecule has 33 heavy (non-hydrogen) atoms. The molecule has 0 aliphatic heterocycles. The van der Waals surface area contributed by atoms with Crippen LogP contribution in [0.1, 0.15) is 21.9 Å². The minimum Gasteiger partial charge on any atom is -0.454 e. The van der Waals surface area contributed by atoms with Crippen LogP contribution >= 0.6 is 11.6 Å². The maximum Gasteiger partial charge on any atom is 0.343 e. The van der Waals surface area contributed by atoms with Crippen molar-refractivity contribution in [2.45, 2.75) is 13.5 Å². The Morgan fingerprint density at radius 2 is 1.85 bits per heavy atom. The van der Waals surface area contributed by atoms with Crippen LogP contribution in [-0.2, 0) is 18.4 Å². The summed E-state index contributed by atoms with van der Waals surface area (Å²) in [4.78, 5) is 25.4. The molecule has 3 heterocycles. The number of esters is 1. The fraction of sp³-hybridized carbons (Fsp3) is 0.136. The summed E-state index contributed by atoms with van der Waals surface area (Å²) in [5, 5.41) is 13.0. The lowest BCUT2D eigenvalue weighted by molar-refractivity contribution is 0.0461. The Bertz CT molecular complexity index is 1600. The molecular weight excluding hydrogens is 451 g/mol. The molecule has 0 N–H and O–H groups in total.